The monoisotopic (exact) mass is 348 g/mol. The van der Waals surface area contributed by atoms with Crippen LogP contribution in [-0.4, -0.2) is 48.6 Å². The van der Waals surface area contributed by atoms with Gasteiger partial charge in [-0.15, -0.1) is 0 Å². The van der Waals surface area contributed by atoms with E-state index in [0.717, 1.165) is 28.9 Å². The smallest absolute Gasteiger partial charge is 0.274 e. The van der Waals surface area contributed by atoms with Crippen LogP contribution in [0.2, 0.25) is 0 Å². The lowest BCUT2D eigenvalue weighted by Gasteiger charge is -2.16. The maximum Gasteiger partial charge on any atom is 0.274 e. The molecule has 1 fully saturated rings. The van der Waals surface area contributed by atoms with E-state index in [4.69, 9.17) is 4.98 Å². The molecule has 3 aromatic heterocycles. The molecule has 3 aromatic rings. The maximum atomic E-state index is 12.6. The SMILES string of the molecule is Cc1cc(-c2cnn(C)c2)cc(C2CCN(C(=O)c3cnccn3)C2)n1. The Morgan fingerprint density at radius 1 is 1.19 bits per heavy atom. The third-order valence-electron chi connectivity index (χ3n) is 4.69. The van der Waals surface area contributed by atoms with E-state index in [0.29, 0.717) is 18.8 Å². The minimum atomic E-state index is -0.0688. The second kappa shape index (κ2) is 6.67. The van der Waals surface area contributed by atoms with Gasteiger partial charge in [0, 0.05) is 61.6 Å². The molecule has 0 bridgehead atoms. The summed E-state index contributed by atoms with van der Waals surface area (Å²) in [5.74, 6) is 0.159. The van der Waals surface area contributed by atoms with Gasteiger partial charge >= 0.3 is 0 Å². The van der Waals surface area contributed by atoms with Crippen molar-refractivity contribution in [1.82, 2.24) is 29.6 Å². The van der Waals surface area contributed by atoms with E-state index < -0.39 is 0 Å². The molecule has 1 aliphatic heterocycles. The molecule has 0 N–H and O–H groups in total. The number of hydrogen-bond acceptors (Lipinski definition) is 5. The van der Waals surface area contributed by atoms with Crippen LogP contribution in [0.4, 0.5) is 0 Å². The van der Waals surface area contributed by atoms with Crippen molar-refractivity contribution in [3.63, 3.8) is 0 Å². The minimum absolute atomic E-state index is 0.0688. The van der Waals surface area contributed by atoms with Crippen LogP contribution in [-0.2, 0) is 7.05 Å². The molecular formula is C19H20N6O. The molecule has 1 atom stereocenters. The summed E-state index contributed by atoms with van der Waals surface area (Å²) < 4.78 is 1.79. The Hall–Kier alpha value is -3.09. The third-order valence-corrected chi connectivity index (χ3v) is 4.69. The predicted molar refractivity (Wildman–Crippen MR) is 96.5 cm³/mol. The van der Waals surface area contributed by atoms with Gasteiger partial charge in [-0.05, 0) is 31.0 Å². The Morgan fingerprint density at radius 3 is 2.81 bits per heavy atom. The van der Waals surface area contributed by atoms with Crippen molar-refractivity contribution in [3.05, 3.63) is 60.2 Å². The number of nitrogens with zero attached hydrogens (tertiary/aromatic N) is 6. The number of aryl methyl sites for hydroxylation is 2. The van der Waals surface area contributed by atoms with Gasteiger partial charge in [0.15, 0.2) is 0 Å². The molecule has 0 radical (unpaired) electrons. The molecule has 0 spiro atoms. The second-order valence-corrected chi connectivity index (χ2v) is 6.65. The van der Waals surface area contributed by atoms with Crippen LogP contribution in [0.15, 0.2) is 43.1 Å². The number of hydrogen-bond donors (Lipinski definition) is 0. The lowest BCUT2D eigenvalue weighted by atomic mass is 10.00. The van der Waals surface area contributed by atoms with Crippen LogP contribution in [0.25, 0.3) is 11.1 Å². The molecule has 0 aliphatic carbocycles. The highest BCUT2D eigenvalue weighted by Gasteiger charge is 2.29. The van der Waals surface area contributed by atoms with Gasteiger partial charge in [0.2, 0.25) is 0 Å². The summed E-state index contributed by atoms with van der Waals surface area (Å²) in [6, 6.07) is 4.18. The highest BCUT2D eigenvalue weighted by Crippen LogP contribution is 2.30. The van der Waals surface area contributed by atoms with Crippen molar-refractivity contribution in [2.45, 2.75) is 19.3 Å². The van der Waals surface area contributed by atoms with E-state index in [1.165, 1.54) is 6.20 Å². The summed E-state index contributed by atoms with van der Waals surface area (Å²) >= 11 is 0. The molecule has 1 unspecified atom stereocenters. The van der Waals surface area contributed by atoms with Crippen molar-refractivity contribution in [2.75, 3.05) is 13.1 Å². The Bertz CT molecular complexity index is 936. The number of amides is 1. The Balaban J connectivity index is 1.55. The molecule has 0 saturated carbocycles. The third kappa shape index (κ3) is 3.20. The van der Waals surface area contributed by atoms with Crippen molar-refractivity contribution < 1.29 is 4.79 Å². The fourth-order valence-electron chi connectivity index (χ4n) is 3.40. The van der Waals surface area contributed by atoms with Crippen LogP contribution < -0.4 is 0 Å². The molecule has 7 heteroatoms. The zero-order chi connectivity index (χ0) is 18.1. The lowest BCUT2D eigenvalue weighted by molar-refractivity contribution is 0.0784. The van der Waals surface area contributed by atoms with Crippen LogP contribution in [0.3, 0.4) is 0 Å². The first-order valence-electron chi connectivity index (χ1n) is 8.63. The van der Waals surface area contributed by atoms with Gasteiger partial charge in [0.25, 0.3) is 5.91 Å². The van der Waals surface area contributed by atoms with Crippen LogP contribution >= 0.6 is 0 Å². The predicted octanol–water partition coefficient (Wildman–Crippen LogP) is 2.21. The van der Waals surface area contributed by atoms with Crippen molar-refractivity contribution in [2.24, 2.45) is 7.05 Å². The first kappa shape index (κ1) is 16.4. The first-order valence-corrected chi connectivity index (χ1v) is 8.63. The second-order valence-electron chi connectivity index (χ2n) is 6.65. The van der Waals surface area contributed by atoms with Gasteiger partial charge in [0.1, 0.15) is 5.69 Å². The largest absolute Gasteiger partial charge is 0.337 e. The summed E-state index contributed by atoms with van der Waals surface area (Å²) in [7, 11) is 1.91. The van der Waals surface area contributed by atoms with E-state index in [1.54, 1.807) is 17.1 Å². The van der Waals surface area contributed by atoms with E-state index >= 15 is 0 Å². The molecule has 0 aromatic carbocycles. The number of rotatable bonds is 3. The highest BCUT2D eigenvalue weighted by atomic mass is 16.2. The summed E-state index contributed by atoms with van der Waals surface area (Å²) in [5.41, 5.74) is 4.57. The summed E-state index contributed by atoms with van der Waals surface area (Å²) in [6.07, 6.45) is 9.38. The fraction of sp³-hybridized carbons (Fsp3) is 0.316. The van der Waals surface area contributed by atoms with Gasteiger partial charge in [-0.25, -0.2) is 4.98 Å². The van der Waals surface area contributed by atoms with Gasteiger partial charge in [-0.2, -0.15) is 5.10 Å². The van der Waals surface area contributed by atoms with Crippen LogP contribution in [0.5, 0.6) is 0 Å². The number of carbonyl (C=O) groups is 1. The molecule has 1 amide bonds. The Kier molecular flexibility index (Phi) is 4.20. The number of carbonyl (C=O) groups excluding carboxylic acids is 1. The zero-order valence-corrected chi connectivity index (χ0v) is 14.8. The lowest BCUT2D eigenvalue weighted by Crippen LogP contribution is -2.29. The average molecular weight is 348 g/mol. The topological polar surface area (TPSA) is 76.8 Å². The Labute approximate surface area is 151 Å². The molecule has 1 saturated heterocycles. The number of pyridine rings is 1. The highest BCUT2D eigenvalue weighted by molar-refractivity contribution is 5.92. The molecular weight excluding hydrogens is 328 g/mol. The molecule has 4 heterocycles. The van der Waals surface area contributed by atoms with Gasteiger partial charge in [-0.3, -0.25) is 19.4 Å². The Morgan fingerprint density at radius 2 is 2.08 bits per heavy atom. The number of aromatic nitrogens is 5. The molecule has 1 aliphatic rings. The van der Waals surface area contributed by atoms with Crippen LogP contribution in [0.1, 0.15) is 34.2 Å². The normalized spacial score (nSPS) is 16.8. The van der Waals surface area contributed by atoms with Gasteiger partial charge < -0.3 is 4.90 Å². The maximum absolute atomic E-state index is 12.6. The van der Waals surface area contributed by atoms with Gasteiger partial charge in [0.05, 0.1) is 12.4 Å². The van der Waals surface area contributed by atoms with E-state index in [-0.39, 0.29) is 11.8 Å². The molecule has 132 valence electrons. The van der Waals surface area contributed by atoms with Crippen molar-refractivity contribution >= 4 is 5.91 Å². The first-order chi connectivity index (χ1) is 12.6. The minimum Gasteiger partial charge on any atom is -0.337 e. The van der Waals surface area contributed by atoms with Crippen molar-refractivity contribution in [3.8, 4) is 11.1 Å². The fourth-order valence-corrected chi connectivity index (χ4v) is 3.40. The number of likely N-dealkylation sites (tertiary alicyclic amines) is 1. The van der Waals surface area contributed by atoms with Gasteiger partial charge in [-0.1, -0.05) is 0 Å². The standard InChI is InChI=1S/C19H20N6O/c1-13-7-15(16-9-22-24(2)11-16)8-17(23-13)14-3-6-25(12-14)19(26)18-10-20-4-5-21-18/h4-5,7-11,14H,3,6,12H2,1-2H3. The van der Waals surface area contributed by atoms with E-state index in [1.807, 2.05) is 31.3 Å². The van der Waals surface area contributed by atoms with Crippen molar-refractivity contribution in [1.29, 1.82) is 0 Å². The van der Waals surface area contributed by atoms with Crippen LogP contribution in [0, 0.1) is 6.92 Å². The quantitative estimate of drug-likeness (QED) is 0.725. The molecule has 26 heavy (non-hydrogen) atoms. The van der Waals surface area contributed by atoms with E-state index in [9.17, 15) is 4.79 Å². The molecule has 7 nitrogen and oxygen atoms in total. The molecule has 4 rings (SSSR count). The zero-order valence-electron chi connectivity index (χ0n) is 14.8. The summed E-state index contributed by atoms with van der Waals surface area (Å²) in [4.78, 5) is 27.2. The average Bonchev–Trinajstić information content (AvgIpc) is 3.31. The van der Waals surface area contributed by atoms with E-state index in [2.05, 4.69) is 27.2 Å². The summed E-state index contributed by atoms with van der Waals surface area (Å²) in [5, 5.41) is 4.25. The summed E-state index contributed by atoms with van der Waals surface area (Å²) in [6.45, 7) is 3.36.